The molecule has 0 bridgehead atoms. The van der Waals surface area contributed by atoms with Crippen molar-refractivity contribution in [2.75, 3.05) is 14.2 Å². The summed E-state index contributed by atoms with van der Waals surface area (Å²) in [4.78, 5) is 42.4. The van der Waals surface area contributed by atoms with E-state index in [2.05, 4.69) is 11.7 Å². The molecule has 0 radical (unpaired) electrons. The van der Waals surface area contributed by atoms with Gasteiger partial charge in [0.1, 0.15) is 17.3 Å². The maximum atomic E-state index is 14.0. The molecule has 1 N–H and O–H groups in total. The molecule has 39 heavy (non-hydrogen) atoms. The molecule has 204 valence electrons. The van der Waals surface area contributed by atoms with Crippen LogP contribution in [0.25, 0.3) is 11.3 Å². The maximum Gasteiger partial charge on any atom is 0.336 e. The molecule has 9 heteroatoms. The summed E-state index contributed by atoms with van der Waals surface area (Å²) in [5, 5.41) is 15.0. The lowest BCUT2D eigenvalue weighted by atomic mass is 9.68. The number of hydrogen-bond acceptors (Lipinski definition) is 6. The fraction of sp³-hybridized carbons (Fsp3) is 0.400. The number of aromatic nitrogens is 2. The third-order valence-electron chi connectivity index (χ3n) is 7.89. The van der Waals surface area contributed by atoms with Crippen molar-refractivity contribution >= 4 is 17.7 Å². The number of ketones is 1. The molecule has 3 heterocycles. The topological polar surface area (TPSA) is 111 Å². The number of allylic oxidation sites excluding steroid dienone is 2. The third kappa shape index (κ3) is 4.26. The standard InChI is InChI=1S/C30H33N3O6/c1-15(2)18-12-21-26(28(35)33(18)6)27(24-19(34)13-30(3,4)14-22(24)39-21)25-20(38-7)9-8-16(23(25)29(36)37)17-10-11-32(5)31-17/h8-11,18,27H,1,12-14H2,2-7H3,(H,36,37)/t18-,27+/m0/s1. The summed E-state index contributed by atoms with van der Waals surface area (Å²) in [6, 6.07) is 4.76. The van der Waals surface area contributed by atoms with Gasteiger partial charge >= 0.3 is 5.97 Å². The molecule has 3 aliphatic rings. The molecular weight excluding hydrogens is 498 g/mol. The van der Waals surface area contributed by atoms with E-state index in [0.29, 0.717) is 41.2 Å². The summed E-state index contributed by atoms with van der Waals surface area (Å²) >= 11 is 0. The Hall–Kier alpha value is -4.14. The van der Waals surface area contributed by atoms with Gasteiger partial charge in [-0.05, 0) is 30.5 Å². The molecule has 1 aromatic carbocycles. The first-order valence-electron chi connectivity index (χ1n) is 12.9. The minimum absolute atomic E-state index is 0.0613. The molecule has 0 saturated carbocycles. The van der Waals surface area contributed by atoms with E-state index in [9.17, 15) is 19.5 Å². The SMILES string of the molecule is C=C(C)[C@@H]1CC2=C(C(=O)N1C)[C@@H](c1c(OC)ccc(-c3ccn(C)n3)c1C(=O)O)C1=C(CC(C)(C)CC1=O)O2. The monoisotopic (exact) mass is 531 g/mol. The van der Waals surface area contributed by atoms with Crippen molar-refractivity contribution in [3.05, 3.63) is 70.3 Å². The number of aromatic carboxylic acids is 1. The lowest BCUT2D eigenvalue weighted by Crippen LogP contribution is -2.46. The van der Waals surface area contributed by atoms with E-state index in [-0.39, 0.29) is 52.0 Å². The second kappa shape index (κ2) is 9.25. The van der Waals surface area contributed by atoms with Gasteiger partial charge in [0, 0.05) is 56.3 Å². The van der Waals surface area contributed by atoms with Gasteiger partial charge in [0.25, 0.3) is 5.91 Å². The Bertz CT molecular complexity index is 1510. The number of aryl methyl sites for hydroxylation is 1. The number of carboxylic acid groups (broad SMARTS) is 1. The Morgan fingerprint density at radius 2 is 1.87 bits per heavy atom. The average Bonchev–Trinajstić information content (AvgIpc) is 3.29. The molecule has 5 rings (SSSR count). The summed E-state index contributed by atoms with van der Waals surface area (Å²) in [5.74, 6) is -1.48. The number of amides is 1. The largest absolute Gasteiger partial charge is 0.496 e. The number of carboxylic acids is 1. The Morgan fingerprint density at radius 1 is 1.15 bits per heavy atom. The zero-order valence-electron chi connectivity index (χ0n) is 23.1. The van der Waals surface area contributed by atoms with Crippen LogP contribution in [0.2, 0.25) is 0 Å². The maximum absolute atomic E-state index is 14.0. The van der Waals surface area contributed by atoms with E-state index >= 15 is 0 Å². The highest BCUT2D eigenvalue weighted by molar-refractivity contribution is 6.08. The van der Waals surface area contributed by atoms with Crippen LogP contribution in [0.4, 0.5) is 0 Å². The second-order valence-electron chi connectivity index (χ2n) is 11.4. The zero-order valence-corrected chi connectivity index (χ0v) is 23.1. The quantitative estimate of drug-likeness (QED) is 0.561. The fourth-order valence-corrected chi connectivity index (χ4v) is 6.10. The summed E-state index contributed by atoms with van der Waals surface area (Å²) in [6.07, 6.45) is 2.83. The first-order chi connectivity index (χ1) is 18.3. The van der Waals surface area contributed by atoms with Crippen LogP contribution in [-0.4, -0.2) is 57.6 Å². The molecule has 1 aliphatic carbocycles. The summed E-state index contributed by atoms with van der Waals surface area (Å²) in [5.41, 5.74) is 2.06. The molecule has 0 saturated heterocycles. The van der Waals surface area contributed by atoms with Crippen molar-refractivity contribution in [3.63, 3.8) is 0 Å². The molecule has 0 fully saturated rings. The van der Waals surface area contributed by atoms with Crippen molar-refractivity contribution in [1.82, 2.24) is 14.7 Å². The lowest BCUT2D eigenvalue weighted by molar-refractivity contribution is -0.129. The lowest BCUT2D eigenvalue weighted by Gasteiger charge is -2.44. The van der Waals surface area contributed by atoms with E-state index in [1.54, 1.807) is 48.1 Å². The third-order valence-corrected chi connectivity index (χ3v) is 7.89. The highest BCUT2D eigenvalue weighted by Gasteiger charge is 2.50. The second-order valence-corrected chi connectivity index (χ2v) is 11.4. The van der Waals surface area contributed by atoms with Crippen LogP contribution in [0.15, 0.2) is 59.2 Å². The molecule has 2 aromatic rings. The van der Waals surface area contributed by atoms with E-state index in [1.807, 2.05) is 20.8 Å². The summed E-state index contributed by atoms with van der Waals surface area (Å²) < 4.78 is 13.7. The number of rotatable bonds is 5. The van der Waals surface area contributed by atoms with E-state index in [4.69, 9.17) is 9.47 Å². The van der Waals surface area contributed by atoms with Gasteiger partial charge in [-0.1, -0.05) is 26.0 Å². The van der Waals surface area contributed by atoms with E-state index in [0.717, 1.165) is 5.57 Å². The zero-order chi connectivity index (χ0) is 28.4. The van der Waals surface area contributed by atoms with Gasteiger partial charge in [0.15, 0.2) is 5.78 Å². The molecular formula is C30H33N3O6. The van der Waals surface area contributed by atoms with Gasteiger partial charge in [-0.15, -0.1) is 0 Å². The molecule has 0 unspecified atom stereocenters. The first kappa shape index (κ1) is 26.5. The smallest absolute Gasteiger partial charge is 0.336 e. The fourth-order valence-electron chi connectivity index (χ4n) is 6.10. The molecule has 9 nitrogen and oxygen atoms in total. The number of methoxy groups -OCH3 is 1. The molecule has 2 aliphatic heterocycles. The predicted molar refractivity (Wildman–Crippen MR) is 144 cm³/mol. The highest BCUT2D eigenvalue weighted by Crippen LogP contribution is 2.54. The number of Topliss-reactive ketones (excluding diaryl/α,β-unsaturated/α-hetero) is 1. The van der Waals surface area contributed by atoms with Gasteiger partial charge in [-0.3, -0.25) is 14.3 Å². The molecule has 0 spiro atoms. The summed E-state index contributed by atoms with van der Waals surface area (Å²) in [6.45, 7) is 9.92. The van der Waals surface area contributed by atoms with Crippen molar-refractivity contribution in [2.24, 2.45) is 12.5 Å². The highest BCUT2D eigenvalue weighted by atomic mass is 16.5. The van der Waals surface area contributed by atoms with Gasteiger partial charge in [0.05, 0.1) is 35.9 Å². The van der Waals surface area contributed by atoms with Crippen molar-refractivity contribution in [2.45, 2.75) is 52.0 Å². The number of hydrogen-bond donors (Lipinski definition) is 1. The Morgan fingerprint density at radius 3 is 2.46 bits per heavy atom. The Kier molecular flexibility index (Phi) is 6.28. The Labute approximate surface area is 227 Å². The minimum atomic E-state index is -1.21. The molecule has 1 aromatic heterocycles. The van der Waals surface area contributed by atoms with Crippen LogP contribution in [0.1, 0.15) is 61.9 Å². The van der Waals surface area contributed by atoms with Crippen LogP contribution in [0.5, 0.6) is 5.75 Å². The van der Waals surface area contributed by atoms with Crippen molar-refractivity contribution in [3.8, 4) is 17.0 Å². The van der Waals surface area contributed by atoms with E-state index in [1.165, 1.54) is 7.11 Å². The van der Waals surface area contributed by atoms with Crippen LogP contribution >= 0.6 is 0 Å². The number of benzene rings is 1. The number of carbonyl (C=O) groups excluding carboxylic acids is 2. The summed E-state index contributed by atoms with van der Waals surface area (Å²) in [7, 11) is 4.89. The Balaban J connectivity index is 1.86. The van der Waals surface area contributed by atoms with Crippen molar-refractivity contribution in [1.29, 1.82) is 0 Å². The average molecular weight is 532 g/mol. The minimum Gasteiger partial charge on any atom is -0.496 e. The normalized spacial score (nSPS) is 22.4. The van der Waals surface area contributed by atoms with Gasteiger partial charge in [0.2, 0.25) is 0 Å². The van der Waals surface area contributed by atoms with Gasteiger partial charge in [-0.25, -0.2) is 4.79 Å². The van der Waals surface area contributed by atoms with Gasteiger partial charge < -0.3 is 19.5 Å². The number of carbonyl (C=O) groups is 3. The van der Waals surface area contributed by atoms with Crippen LogP contribution in [0.3, 0.4) is 0 Å². The van der Waals surface area contributed by atoms with Crippen LogP contribution in [0, 0.1) is 5.41 Å². The van der Waals surface area contributed by atoms with Crippen molar-refractivity contribution < 1.29 is 29.0 Å². The van der Waals surface area contributed by atoms with Crippen LogP contribution in [-0.2, 0) is 21.4 Å². The number of ether oxygens (including phenoxy) is 2. The number of likely N-dealkylation sites (N-methyl/N-ethyl adjacent to an activating group) is 1. The predicted octanol–water partition coefficient (Wildman–Crippen LogP) is 4.61. The van der Waals surface area contributed by atoms with Gasteiger partial charge in [-0.2, -0.15) is 5.10 Å². The number of nitrogens with zero attached hydrogens (tertiary/aromatic N) is 3. The van der Waals surface area contributed by atoms with E-state index < -0.39 is 11.9 Å². The first-order valence-corrected chi connectivity index (χ1v) is 12.9. The van der Waals surface area contributed by atoms with Crippen LogP contribution < -0.4 is 4.74 Å². The molecule has 1 amide bonds. The molecule has 2 atom stereocenters.